The zero-order valence-corrected chi connectivity index (χ0v) is 12.0. The standard InChI is InChI=1S/C13H15F3N2O2.ClH/c14-9-2-3-10(11(8-9)20-13(15)16)12(19)18-6-1-4-17-5-7-18;/h2-3,8,13,17H,1,4-7H2;1H. The van der Waals surface area contributed by atoms with Gasteiger partial charge in [0.05, 0.1) is 5.56 Å². The molecule has 1 amide bonds. The average Bonchev–Trinajstić information content (AvgIpc) is 2.66. The summed E-state index contributed by atoms with van der Waals surface area (Å²) in [5.41, 5.74) is -0.0476. The highest BCUT2D eigenvalue weighted by Gasteiger charge is 2.22. The van der Waals surface area contributed by atoms with Crippen molar-refractivity contribution in [3.05, 3.63) is 29.6 Å². The normalized spacial score (nSPS) is 15.3. The minimum absolute atomic E-state index is 0. The van der Waals surface area contributed by atoms with Gasteiger partial charge in [0.1, 0.15) is 11.6 Å². The van der Waals surface area contributed by atoms with Gasteiger partial charge < -0.3 is 15.0 Å². The van der Waals surface area contributed by atoms with Crippen LogP contribution in [0.1, 0.15) is 16.8 Å². The van der Waals surface area contributed by atoms with Crippen molar-refractivity contribution < 1.29 is 22.7 Å². The van der Waals surface area contributed by atoms with Crippen molar-refractivity contribution in [3.8, 4) is 5.75 Å². The summed E-state index contributed by atoms with van der Waals surface area (Å²) in [7, 11) is 0. The number of hydrogen-bond acceptors (Lipinski definition) is 3. The van der Waals surface area contributed by atoms with Crippen LogP contribution in [-0.4, -0.2) is 43.6 Å². The fraction of sp³-hybridized carbons (Fsp3) is 0.462. The van der Waals surface area contributed by atoms with Crippen LogP contribution in [-0.2, 0) is 0 Å². The van der Waals surface area contributed by atoms with Gasteiger partial charge in [0.15, 0.2) is 0 Å². The smallest absolute Gasteiger partial charge is 0.387 e. The van der Waals surface area contributed by atoms with Crippen LogP contribution < -0.4 is 10.1 Å². The molecule has 4 nitrogen and oxygen atoms in total. The summed E-state index contributed by atoms with van der Waals surface area (Å²) in [6.07, 6.45) is 0.776. The lowest BCUT2D eigenvalue weighted by molar-refractivity contribution is -0.0504. The molecule has 2 rings (SSSR count). The van der Waals surface area contributed by atoms with Crippen LogP contribution >= 0.6 is 12.4 Å². The van der Waals surface area contributed by atoms with E-state index in [0.717, 1.165) is 25.1 Å². The largest absolute Gasteiger partial charge is 0.434 e. The van der Waals surface area contributed by atoms with E-state index >= 15 is 0 Å². The first-order chi connectivity index (χ1) is 9.58. The molecule has 1 heterocycles. The Kier molecular flexibility index (Phi) is 6.77. The molecule has 8 heteroatoms. The highest BCUT2D eigenvalue weighted by Crippen LogP contribution is 2.23. The maximum atomic E-state index is 13.1. The fourth-order valence-electron chi connectivity index (χ4n) is 2.09. The van der Waals surface area contributed by atoms with E-state index in [4.69, 9.17) is 0 Å². The third kappa shape index (κ3) is 4.78. The van der Waals surface area contributed by atoms with Crippen LogP contribution in [0.5, 0.6) is 5.75 Å². The Bertz CT molecular complexity index is 480. The number of hydrogen-bond donors (Lipinski definition) is 1. The first-order valence-electron chi connectivity index (χ1n) is 6.32. The topological polar surface area (TPSA) is 41.6 Å². The fourth-order valence-corrected chi connectivity index (χ4v) is 2.09. The third-order valence-electron chi connectivity index (χ3n) is 3.02. The van der Waals surface area contributed by atoms with Gasteiger partial charge in [-0.05, 0) is 25.1 Å². The van der Waals surface area contributed by atoms with Crippen LogP contribution in [0.3, 0.4) is 0 Å². The zero-order chi connectivity index (χ0) is 14.5. The van der Waals surface area contributed by atoms with Crippen molar-refractivity contribution in [1.29, 1.82) is 0 Å². The van der Waals surface area contributed by atoms with E-state index in [1.165, 1.54) is 6.07 Å². The molecule has 0 aromatic heterocycles. The lowest BCUT2D eigenvalue weighted by atomic mass is 10.1. The molecule has 1 aliphatic rings. The van der Waals surface area contributed by atoms with Gasteiger partial charge in [-0.25, -0.2) is 4.39 Å². The first-order valence-corrected chi connectivity index (χ1v) is 6.32. The predicted molar refractivity (Wildman–Crippen MR) is 73.7 cm³/mol. The number of nitrogens with one attached hydrogen (secondary N) is 1. The van der Waals surface area contributed by atoms with Gasteiger partial charge in [0, 0.05) is 25.7 Å². The predicted octanol–water partition coefficient (Wildman–Crippen LogP) is 2.28. The van der Waals surface area contributed by atoms with Gasteiger partial charge in [0.2, 0.25) is 0 Å². The molecule has 1 N–H and O–H groups in total. The molecule has 1 aromatic carbocycles. The lowest BCUT2D eigenvalue weighted by Gasteiger charge is -2.21. The highest BCUT2D eigenvalue weighted by atomic mass is 35.5. The van der Waals surface area contributed by atoms with Crippen LogP contribution in [0.4, 0.5) is 13.2 Å². The number of halogens is 4. The summed E-state index contributed by atoms with van der Waals surface area (Å²) in [6.45, 7) is -0.665. The number of benzene rings is 1. The maximum absolute atomic E-state index is 13.1. The molecule has 1 saturated heterocycles. The quantitative estimate of drug-likeness (QED) is 0.927. The zero-order valence-electron chi connectivity index (χ0n) is 11.2. The van der Waals surface area contributed by atoms with Crippen LogP contribution in [0.2, 0.25) is 0 Å². The van der Waals surface area contributed by atoms with Gasteiger partial charge >= 0.3 is 6.61 Å². The minimum atomic E-state index is -3.10. The summed E-state index contributed by atoms with van der Waals surface area (Å²) < 4.78 is 42.0. The molecule has 0 spiro atoms. The van der Waals surface area contributed by atoms with E-state index in [1.54, 1.807) is 4.90 Å². The Morgan fingerprint density at radius 3 is 2.76 bits per heavy atom. The lowest BCUT2D eigenvalue weighted by Crippen LogP contribution is -2.34. The second-order valence-electron chi connectivity index (χ2n) is 4.41. The number of carbonyl (C=O) groups excluding carboxylic acids is 1. The summed E-state index contributed by atoms with van der Waals surface area (Å²) >= 11 is 0. The molecule has 0 bridgehead atoms. The molecule has 21 heavy (non-hydrogen) atoms. The average molecular weight is 325 g/mol. The van der Waals surface area contributed by atoms with Crippen molar-refractivity contribution in [2.75, 3.05) is 26.2 Å². The number of amides is 1. The molecule has 1 aromatic rings. The van der Waals surface area contributed by atoms with Crippen molar-refractivity contribution in [2.24, 2.45) is 0 Å². The van der Waals surface area contributed by atoms with E-state index in [9.17, 15) is 18.0 Å². The van der Waals surface area contributed by atoms with Gasteiger partial charge in [-0.1, -0.05) is 0 Å². The SMILES string of the molecule is Cl.O=C(c1ccc(F)cc1OC(F)F)N1CCCNCC1. The summed E-state index contributed by atoms with van der Waals surface area (Å²) in [5, 5.41) is 3.13. The van der Waals surface area contributed by atoms with Crippen molar-refractivity contribution in [2.45, 2.75) is 13.0 Å². The van der Waals surface area contributed by atoms with Crippen molar-refractivity contribution in [1.82, 2.24) is 10.2 Å². The molecule has 1 aliphatic heterocycles. The Morgan fingerprint density at radius 2 is 2.05 bits per heavy atom. The van der Waals surface area contributed by atoms with E-state index in [-0.39, 0.29) is 18.0 Å². The number of alkyl halides is 2. The molecule has 0 atom stereocenters. The Hall–Kier alpha value is -1.47. The Labute approximate surface area is 126 Å². The van der Waals surface area contributed by atoms with Gasteiger partial charge in [-0.3, -0.25) is 4.79 Å². The van der Waals surface area contributed by atoms with E-state index in [2.05, 4.69) is 10.1 Å². The van der Waals surface area contributed by atoms with Crippen LogP contribution in [0, 0.1) is 5.82 Å². The monoisotopic (exact) mass is 324 g/mol. The van der Waals surface area contributed by atoms with E-state index in [0.29, 0.717) is 19.6 Å². The van der Waals surface area contributed by atoms with Gasteiger partial charge in [-0.15, -0.1) is 12.4 Å². The molecule has 0 unspecified atom stereocenters. The van der Waals surface area contributed by atoms with Gasteiger partial charge in [0.25, 0.3) is 5.91 Å². The van der Waals surface area contributed by atoms with Crippen LogP contribution in [0.25, 0.3) is 0 Å². The Morgan fingerprint density at radius 1 is 1.29 bits per heavy atom. The minimum Gasteiger partial charge on any atom is -0.434 e. The third-order valence-corrected chi connectivity index (χ3v) is 3.02. The molecule has 0 aliphatic carbocycles. The second kappa shape index (κ2) is 8.09. The summed E-state index contributed by atoms with van der Waals surface area (Å²) in [4.78, 5) is 13.9. The number of carbonyl (C=O) groups is 1. The summed E-state index contributed by atoms with van der Waals surface area (Å²) in [6, 6.07) is 3.03. The number of ether oxygens (including phenoxy) is 1. The molecule has 1 fully saturated rings. The van der Waals surface area contributed by atoms with Crippen molar-refractivity contribution >= 4 is 18.3 Å². The number of nitrogens with zero attached hydrogens (tertiary/aromatic N) is 1. The Balaban J connectivity index is 0.00000220. The molecule has 0 saturated carbocycles. The molecule has 118 valence electrons. The molecular formula is C13H16ClF3N2O2. The van der Waals surface area contributed by atoms with Crippen molar-refractivity contribution in [3.63, 3.8) is 0 Å². The molecule has 0 radical (unpaired) electrons. The first kappa shape index (κ1) is 17.6. The highest BCUT2D eigenvalue weighted by molar-refractivity contribution is 5.97. The van der Waals surface area contributed by atoms with Crippen LogP contribution in [0.15, 0.2) is 18.2 Å². The maximum Gasteiger partial charge on any atom is 0.387 e. The van der Waals surface area contributed by atoms with E-state index < -0.39 is 24.1 Å². The number of rotatable bonds is 3. The molecular weight excluding hydrogens is 309 g/mol. The van der Waals surface area contributed by atoms with Gasteiger partial charge in [-0.2, -0.15) is 8.78 Å². The summed E-state index contributed by atoms with van der Waals surface area (Å²) in [5.74, 6) is -1.58. The second-order valence-corrected chi connectivity index (χ2v) is 4.41. The van der Waals surface area contributed by atoms with E-state index in [1.807, 2.05) is 0 Å².